The molecule has 0 aromatic rings. The number of methoxy groups -OCH3 is 2. The van der Waals surface area contributed by atoms with Crippen molar-refractivity contribution in [1.82, 2.24) is 0 Å². The Bertz CT molecular complexity index is 109. The summed E-state index contributed by atoms with van der Waals surface area (Å²) in [7, 11) is 2.87. The molecule has 0 radical (unpaired) electrons. The van der Waals surface area contributed by atoms with Gasteiger partial charge in [0.05, 0.1) is 14.2 Å². The Morgan fingerprint density at radius 1 is 1.00 bits per heavy atom. The van der Waals surface area contributed by atoms with Gasteiger partial charge in [-0.1, -0.05) is 0 Å². The molecule has 0 saturated heterocycles. The summed E-state index contributed by atoms with van der Waals surface area (Å²) < 4.78 is 8.52. The van der Waals surface area contributed by atoms with Crippen LogP contribution in [0, 0.1) is 0 Å². The first-order chi connectivity index (χ1) is 4.54. The molecule has 0 bridgehead atoms. The van der Waals surface area contributed by atoms with Crippen molar-refractivity contribution in [2.24, 2.45) is 11.5 Å². The third-order valence-corrected chi connectivity index (χ3v) is 0.736. The first-order valence-corrected chi connectivity index (χ1v) is 3.03. The predicted octanol–water partition coefficient (Wildman–Crippen LogP) is -0.250. The van der Waals surface area contributed by atoms with Crippen molar-refractivity contribution in [2.75, 3.05) is 14.2 Å². The van der Waals surface area contributed by atoms with Gasteiger partial charge in [-0.2, -0.15) is 0 Å². The molecule has 4 nitrogen and oxygen atoms in total. The zero-order chi connectivity index (χ0) is 8.57. The van der Waals surface area contributed by atoms with Gasteiger partial charge in [-0.25, -0.2) is 0 Å². The summed E-state index contributed by atoms with van der Waals surface area (Å²) in [4.78, 5) is 0. The molecule has 0 aliphatic carbocycles. The fourth-order valence-electron chi connectivity index (χ4n) is 0. The van der Waals surface area contributed by atoms with E-state index < -0.39 is 0 Å². The van der Waals surface area contributed by atoms with Crippen LogP contribution < -0.4 is 11.5 Å². The molecule has 11 heavy (non-hydrogen) atoms. The van der Waals surface area contributed by atoms with Gasteiger partial charge in [-0.15, -0.1) is 0 Å². The summed E-state index contributed by atoms with van der Waals surface area (Å²) in [6.45, 7) is 0. The van der Waals surface area contributed by atoms with E-state index in [-0.39, 0.29) is 27.4 Å². The van der Waals surface area contributed by atoms with Gasteiger partial charge in [0.15, 0.2) is 0 Å². The molecule has 0 aliphatic rings. The molecule has 0 aromatic carbocycles. The Morgan fingerprint density at radius 3 is 1.09 bits per heavy atom. The Morgan fingerprint density at radius 2 is 1.09 bits per heavy atom. The molecule has 0 heterocycles. The largest absolute Gasteiger partial charge is 0.475 e. The number of hydrogen-bond acceptors (Lipinski definition) is 4. The minimum absolute atomic E-state index is 0. The smallest absolute Gasteiger partial charge is 0.253 e. The van der Waals surface area contributed by atoms with Crippen LogP contribution in [-0.2, 0) is 26.5 Å². The molecule has 0 amide bonds. The monoisotopic (exact) mass is 238 g/mol. The summed E-state index contributed by atoms with van der Waals surface area (Å²) in [5.41, 5.74) is 9.60. The van der Waals surface area contributed by atoms with Gasteiger partial charge in [0.1, 0.15) is 0 Å². The van der Waals surface area contributed by atoms with E-state index in [1.54, 1.807) is 0 Å². The fraction of sp³-hybridized carbons (Fsp3) is 0.500. The van der Waals surface area contributed by atoms with E-state index >= 15 is 0 Å². The zero-order valence-corrected chi connectivity index (χ0v) is 8.88. The average Bonchev–Trinajstić information content (AvgIpc) is 1.89. The van der Waals surface area contributed by atoms with Crippen LogP contribution in [0.1, 0.15) is 0 Å². The number of thiocarbonyl (C=S) groups is 2. The van der Waals surface area contributed by atoms with Crippen LogP contribution in [0.3, 0.4) is 0 Å². The topological polar surface area (TPSA) is 70.5 Å². The number of nitrogens with two attached hydrogens (primary N) is 2. The van der Waals surface area contributed by atoms with Crippen molar-refractivity contribution in [3.05, 3.63) is 0 Å². The maximum atomic E-state index is 4.80. The van der Waals surface area contributed by atoms with Gasteiger partial charge >= 0.3 is 0 Å². The molecule has 0 aliphatic heterocycles. The zero-order valence-electron chi connectivity index (χ0n) is 6.14. The van der Waals surface area contributed by atoms with E-state index in [1.165, 1.54) is 14.2 Å². The third kappa shape index (κ3) is 40.6. The van der Waals surface area contributed by atoms with Crippen LogP contribution >= 0.6 is 24.4 Å². The molecule has 4 N–H and O–H groups in total. The summed E-state index contributed by atoms with van der Waals surface area (Å²) in [5, 5.41) is 0.176. The van der Waals surface area contributed by atoms with Crippen LogP contribution in [0.15, 0.2) is 0 Å². The van der Waals surface area contributed by atoms with Gasteiger partial charge in [-0.3, -0.25) is 0 Å². The number of rotatable bonds is 0. The van der Waals surface area contributed by atoms with E-state index in [9.17, 15) is 0 Å². The second-order valence-electron chi connectivity index (χ2n) is 1.05. The molecule has 0 atom stereocenters. The maximum absolute atomic E-state index is 4.80. The Hall–Kier alpha value is -0.101. The molecule has 0 saturated carbocycles. The van der Waals surface area contributed by atoms with E-state index in [4.69, 9.17) is 11.5 Å². The van der Waals surface area contributed by atoms with Crippen molar-refractivity contribution < 1.29 is 26.5 Å². The Balaban J connectivity index is -0.000000107. The Kier molecular flexibility index (Phi) is 19.6. The van der Waals surface area contributed by atoms with Crippen molar-refractivity contribution in [2.45, 2.75) is 0 Å². The normalized spacial score (nSPS) is 6.00. The molecular weight excluding hydrogens is 228 g/mol. The quantitative estimate of drug-likeness (QED) is 0.448. The van der Waals surface area contributed by atoms with Crippen molar-refractivity contribution in [1.29, 1.82) is 0 Å². The first-order valence-electron chi connectivity index (χ1n) is 2.21. The van der Waals surface area contributed by atoms with Crippen LogP contribution in [0.2, 0.25) is 0 Å². The molecule has 0 unspecified atom stereocenters. The fourth-order valence-corrected chi connectivity index (χ4v) is 0. The van der Waals surface area contributed by atoms with Crippen molar-refractivity contribution in [3.63, 3.8) is 0 Å². The van der Waals surface area contributed by atoms with Gasteiger partial charge in [0.25, 0.3) is 10.3 Å². The maximum Gasteiger partial charge on any atom is 0.253 e. The Labute approximate surface area is 87.1 Å². The van der Waals surface area contributed by atoms with Crippen molar-refractivity contribution in [3.8, 4) is 0 Å². The summed E-state index contributed by atoms with van der Waals surface area (Å²) >= 11 is 8.50. The molecule has 0 fully saturated rings. The summed E-state index contributed by atoms with van der Waals surface area (Å²) in [5.74, 6) is 0. The van der Waals surface area contributed by atoms with E-state index in [0.717, 1.165) is 0 Å². The molecule has 68 valence electrons. The molecule has 7 heteroatoms. The average molecular weight is 238 g/mol. The summed E-state index contributed by atoms with van der Waals surface area (Å²) in [6, 6.07) is 0. The van der Waals surface area contributed by atoms with Gasteiger partial charge in [0.2, 0.25) is 0 Å². The van der Waals surface area contributed by atoms with Gasteiger partial charge in [-0.05, 0) is 24.4 Å². The molecule has 0 rings (SSSR count). The van der Waals surface area contributed by atoms with Crippen LogP contribution in [0.5, 0.6) is 0 Å². The second kappa shape index (κ2) is 12.6. The number of hydrogen-bond donors (Lipinski definition) is 2. The predicted molar refractivity (Wildman–Crippen MR) is 47.6 cm³/mol. The number of ether oxygens (including phenoxy) is 2. The molecule has 0 spiro atoms. The van der Waals surface area contributed by atoms with Crippen LogP contribution in [0.25, 0.3) is 0 Å². The van der Waals surface area contributed by atoms with E-state index in [2.05, 4.69) is 33.9 Å². The SMILES string of the molecule is COC(N)=S.COC(N)=S.[Fe]. The molecule has 0 aromatic heterocycles. The first kappa shape index (κ1) is 17.1. The van der Waals surface area contributed by atoms with Gasteiger partial charge < -0.3 is 20.9 Å². The van der Waals surface area contributed by atoms with E-state index in [1.807, 2.05) is 0 Å². The standard InChI is InChI=1S/2C2H5NOS.Fe/c2*1-4-2(3)5;/h2*1H3,(H2,3,5);. The van der Waals surface area contributed by atoms with Crippen LogP contribution in [-0.4, -0.2) is 24.6 Å². The summed E-state index contributed by atoms with van der Waals surface area (Å²) in [6.07, 6.45) is 0. The van der Waals surface area contributed by atoms with Gasteiger partial charge in [0, 0.05) is 17.1 Å². The third-order valence-electron chi connectivity index (χ3n) is 0.402. The van der Waals surface area contributed by atoms with Crippen LogP contribution in [0.4, 0.5) is 0 Å². The minimum Gasteiger partial charge on any atom is -0.475 e. The minimum atomic E-state index is 0. The molecular formula is C4H10FeN2O2S2. The van der Waals surface area contributed by atoms with Crippen molar-refractivity contribution >= 4 is 34.8 Å². The second-order valence-corrected chi connectivity index (χ2v) is 1.85. The van der Waals surface area contributed by atoms with E-state index in [0.29, 0.717) is 0 Å².